The predicted molar refractivity (Wildman–Crippen MR) is 64.6 cm³/mol. The molecule has 0 aliphatic rings. The second kappa shape index (κ2) is 6.14. The second-order valence-corrected chi connectivity index (χ2v) is 5.26. The van der Waals surface area contributed by atoms with E-state index in [0.717, 1.165) is 33.1 Å². The van der Waals surface area contributed by atoms with Gasteiger partial charge in [-0.2, -0.15) is 0 Å². The van der Waals surface area contributed by atoms with Crippen molar-refractivity contribution < 1.29 is 4.79 Å². The van der Waals surface area contributed by atoms with Crippen LogP contribution in [-0.2, 0) is 0 Å². The molecule has 0 fully saturated rings. The number of benzene rings is 1. The van der Waals surface area contributed by atoms with Gasteiger partial charge in [0.1, 0.15) is 0 Å². The van der Waals surface area contributed by atoms with Gasteiger partial charge in [-0.3, -0.25) is 4.79 Å². The zero-order chi connectivity index (χ0) is 10.4. The Hall–Kier alpha value is -0.410. The first-order valence-electron chi connectivity index (χ1n) is 4.67. The summed E-state index contributed by atoms with van der Waals surface area (Å²) in [6.07, 6.45) is 0.968. The van der Waals surface area contributed by atoms with Gasteiger partial charge in [-0.15, -0.1) is 23.5 Å². The first kappa shape index (κ1) is 11.7. The van der Waals surface area contributed by atoms with Crippen molar-refractivity contribution in [2.75, 3.05) is 11.5 Å². The molecule has 1 aromatic rings. The van der Waals surface area contributed by atoms with Gasteiger partial charge in [0.05, 0.1) is 0 Å². The molecule has 0 heterocycles. The molecule has 1 rings (SSSR count). The molecule has 0 aliphatic carbocycles. The number of hydrogen-bond acceptors (Lipinski definition) is 3. The van der Waals surface area contributed by atoms with E-state index < -0.39 is 0 Å². The monoisotopic (exact) mass is 226 g/mol. The molecule has 0 saturated heterocycles. The molecule has 3 heteroatoms. The van der Waals surface area contributed by atoms with Crippen molar-refractivity contribution in [3.05, 3.63) is 23.8 Å². The van der Waals surface area contributed by atoms with E-state index in [1.54, 1.807) is 23.5 Å². The number of aldehydes is 1. The highest BCUT2D eigenvalue weighted by molar-refractivity contribution is 8.00. The number of hydrogen-bond donors (Lipinski definition) is 0. The summed E-state index contributed by atoms with van der Waals surface area (Å²) in [5.41, 5.74) is 0.853. The van der Waals surface area contributed by atoms with E-state index in [2.05, 4.69) is 13.8 Å². The lowest BCUT2D eigenvalue weighted by Crippen LogP contribution is -1.89. The molecule has 14 heavy (non-hydrogen) atoms. The highest BCUT2D eigenvalue weighted by Crippen LogP contribution is 2.29. The maximum atomic E-state index is 11.0. The van der Waals surface area contributed by atoms with Crippen molar-refractivity contribution >= 4 is 29.8 Å². The van der Waals surface area contributed by atoms with Crippen LogP contribution in [0.1, 0.15) is 24.2 Å². The van der Waals surface area contributed by atoms with Gasteiger partial charge < -0.3 is 0 Å². The van der Waals surface area contributed by atoms with Gasteiger partial charge in [0.2, 0.25) is 0 Å². The minimum atomic E-state index is 0.853. The van der Waals surface area contributed by atoms with Crippen molar-refractivity contribution in [3.8, 4) is 0 Å². The quantitative estimate of drug-likeness (QED) is 0.562. The van der Waals surface area contributed by atoms with Gasteiger partial charge >= 0.3 is 0 Å². The van der Waals surface area contributed by atoms with Crippen LogP contribution in [0.4, 0.5) is 0 Å². The van der Waals surface area contributed by atoms with Crippen LogP contribution in [0.2, 0.25) is 0 Å². The van der Waals surface area contributed by atoms with Gasteiger partial charge in [-0.05, 0) is 23.6 Å². The molecule has 76 valence electrons. The molecule has 0 saturated carbocycles. The van der Waals surface area contributed by atoms with Gasteiger partial charge in [-0.25, -0.2) is 0 Å². The van der Waals surface area contributed by atoms with Crippen molar-refractivity contribution in [2.45, 2.75) is 23.6 Å². The molecule has 0 aromatic heterocycles. The van der Waals surface area contributed by atoms with Crippen molar-refractivity contribution in [3.63, 3.8) is 0 Å². The van der Waals surface area contributed by atoms with E-state index in [0.29, 0.717) is 0 Å². The summed E-state index contributed by atoms with van der Waals surface area (Å²) in [5.74, 6) is 2.00. The van der Waals surface area contributed by atoms with Crippen LogP contribution in [0.15, 0.2) is 28.0 Å². The topological polar surface area (TPSA) is 17.1 Å². The van der Waals surface area contributed by atoms with Gasteiger partial charge in [0.15, 0.2) is 6.29 Å². The third-order valence-corrected chi connectivity index (χ3v) is 3.65. The molecule has 0 spiro atoms. The average molecular weight is 226 g/mol. The van der Waals surface area contributed by atoms with E-state index in [-0.39, 0.29) is 0 Å². The molecule has 0 atom stereocenters. The molecule has 0 radical (unpaired) electrons. The molecule has 1 nitrogen and oxygen atoms in total. The van der Waals surface area contributed by atoms with Crippen LogP contribution in [0.25, 0.3) is 0 Å². The predicted octanol–water partition coefficient (Wildman–Crippen LogP) is 3.72. The maximum absolute atomic E-state index is 11.0. The van der Waals surface area contributed by atoms with Crippen LogP contribution in [0.5, 0.6) is 0 Å². The summed E-state index contributed by atoms with van der Waals surface area (Å²) in [7, 11) is 0. The SMILES string of the molecule is CCSc1cccc(SCC)c1C=O. The zero-order valence-corrected chi connectivity index (χ0v) is 10.1. The van der Waals surface area contributed by atoms with E-state index in [1.165, 1.54) is 0 Å². The molecule has 0 unspecified atom stereocenters. The first-order chi connectivity index (χ1) is 6.83. The summed E-state index contributed by atoms with van der Waals surface area (Å²) in [4.78, 5) is 13.2. The minimum absolute atomic E-state index is 0.853. The zero-order valence-electron chi connectivity index (χ0n) is 8.45. The Balaban J connectivity index is 3.04. The van der Waals surface area contributed by atoms with Gasteiger partial charge in [0, 0.05) is 15.4 Å². The summed E-state index contributed by atoms with van der Waals surface area (Å²) in [6.45, 7) is 4.19. The van der Waals surface area contributed by atoms with Crippen molar-refractivity contribution in [1.29, 1.82) is 0 Å². The van der Waals surface area contributed by atoms with Crippen LogP contribution in [-0.4, -0.2) is 17.8 Å². The highest BCUT2D eigenvalue weighted by Gasteiger charge is 2.06. The van der Waals surface area contributed by atoms with E-state index >= 15 is 0 Å². The summed E-state index contributed by atoms with van der Waals surface area (Å²) >= 11 is 3.44. The van der Waals surface area contributed by atoms with Gasteiger partial charge in [-0.1, -0.05) is 19.9 Å². The Bertz CT molecular complexity index is 286. The largest absolute Gasteiger partial charge is 0.298 e. The molecular formula is C11H14OS2. The van der Waals surface area contributed by atoms with Crippen LogP contribution >= 0.6 is 23.5 Å². The van der Waals surface area contributed by atoms with Crippen LogP contribution in [0.3, 0.4) is 0 Å². The van der Waals surface area contributed by atoms with E-state index in [4.69, 9.17) is 0 Å². The number of thioether (sulfide) groups is 2. The van der Waals surface area contributed by atoms with E-state index in [9.17, 15) is 4.79 Å². The van der Waals surface area contributed by atoms with Crippen LogP contribution in [0, 0.1) is 0 Å². The van der Waals surface area contributed by atoms with Crippen molar-refractivity contribution in [2.24, 2.45) is 0 Å². The third-order valence-electron chi connectivity index (χ3n) is 1.74. The first-order valence-corrected chi connectivity index (χ1v) is 6.64. The average Bonchev–Trinajstić information content (AvgIpc) is 2.19. The molecule has 0 bridgehead atoms. The number of carbonyl (C=O) groups excluding carboxylic acids is 1. The highest BCUT2D eigenvalue weighted by atomic mass is 32.2. The lowest BCUT2D eigenvalue weighted by molar-refractivity contribution is 0.111. The standard InChI is InChI=1S/C11H14OS2/c1-3-13-10-6-5-7-11(14-4-2)9(10)8-12/h5-8H,3-4H2,1-2H3. The molecule has 0 amide bonds. The Labute approximate surface area is 93.7 Å². The Morgan fingerprint density at radius 1 is 1.14 bits per heavy atom. The third kappa shape index (κ3) is 2.79. The molecule has 1 aromatic carbocycles. The second-order valence-electron chi connectivity index (χ2n) is 2.65. The summed E-state index contributed by atoms with van der Waals surface area (Å²) < 4.78 is 0. The van der Waals surface area contributed by atoms with Crippen LogP contribution < -0.4 is 0 Å². The fourth-order valence-electron chi connectivity index (χ4n) is 1.20. The lowest BCUT2D eigenvalue weighted by atomic mass is 10.2. The fourth-order valence-corrected chi connectivity index (χ4v) is 2.87. The Morgan fingerprint density at radius 2 is 1.64 bits per heavy atom. The fraction of sp³-hybridized carbons (Fsp3) is 0.364. The van der Waals surface area contributed by atoms with Gasteiger partial charge in [0.25, 0.3) is 0 Å². The van der Waals surface area contributed by atoms with Crippen molar-refractivity contribution in [1.82, 2.24) is 0 Å². The molecule has 0 aliphatic heterocycles. The Kier molecular flexibility index (Phi) is 5.12. The normalized spacial score (nSPS) is 10.1. The smallest absolute Gasteiger partial charge is 0.152 e. The van der Waals surface area contributed by atoms with E-state index in [1.807, 2.05) is 18.2 Å². The lowest BCUT2D eigenvalue weighted by Gasteiger charge is -2.07. The maximum Gasteiger partial charge on any atom is 0.152 e. The molecule has 0 N–H and O–H groups in total. The number of rotatable bonds is 5. The summed E-state index contributed by atoms with van der Waals surface area (Å²) in [6, 6.07) is 6.04. The minimum Gasteiger partial charge on any atom is -0.298 e. The summed E-state index contributed by atoms with van der Waals surface area (Å²) in [5, 5.41) is 0. The Morgan fingerprint density at radius 3 is 2.00 bits per heavy atom. The number of carbonyl (C=O) groups is 1. The molecular weight excluding hydrogens is 212 g/mol.